The maximum Gasteiger partial charge on any atom is 0.326 e. The molecule has 21 heavy (non-hydrogen) atoms. The average Bonchev–Trinajstić information content (AvgIpc) is 2.46. The van der Waals surface area contributed by atoms with Crippen LogP contribution in [0.4, 0.5) is 16.2 Å². The molecule has 0 saturated heterocycles. The summed E-state index contributed by atoms with van der Waals surface area (Å²) in [6.07, 6.45) is 0. The van der Waals surface area contributed by atoms with E-state index in [1.54, 1.807) is 0 Å². The Hall–Kier alpha value is -1.94. The van der Waals surface area contributed by atoms with Gasteiger partial charge in [0.25, 0.3) is 0 Å². The molecule has 2 aromatic rings. The third-order valence-corrected chi connectivity index (χ3v) is 4.59. The number of nitrogens with zero attached hydrogens (tertiary/aromatic N) is 1. The summed E-state index contributed by atoms with van der Waals surface area (Å²) >= 11 is 1.82. The first-order valence-electron chi connectivity index (χ1n) is 7.04. The number of fused-ring (bicyclic) bond motifs is 1. The molecule has 0 radical (unpaired) electrons. The minimum atomic E-state index is -0.0693. The number of carbonyl (C=O) groups is 1. The minimum absolute atomic E-state index is 0.0693. The van der Waals surface area contributed by atoms with Gasteiger partial charge in [0.1, 0.15) is 0 Å². The van der Waals surface area contributed by atoms with Gasteiger partial charge in [-0.25, -0.2) is 4.79 Å². The monoisotopic (exact) mass is 298 g/mol. The van der Waals surface area contributed by atoms with Crippen LogP contribution in [0.25, 0.3) is 0 Å². The van der Waals surface area contributed by atoms with Crippen molar-refractivity contribution in [1.82, 2.24) is 0 Å². The Balaban J connectivity index is 1.85. The van der Waals surface area contributed by atoms with Gasteiger partial charge in [0.05, 0.1) is 5.69 Å². The Labute approximate surface area is 129 Å². The number of hydrogen-bond donors (Lipinski definition) is 1. The number of para-hydroxylation sites is 1. The fraction of sp³-hybridized carbons (Fsp3) is 0.235. The van der Waals surface area contributed by atoms with Crippen LogP contribution in [-0.2, 0) is 0 Å². The van der Waals surface area contributed by atoms with Gasteiger partial charge in [-0.2, -0.15) is 0 Å². The Morgan fingerprint density at radius 3 is 2.86 bits per heavy atom. The number of aryl methyl sites for hydroxylation is 1. The van der Waals surface area contributed by atoms with E-state index in [0.717, 1.165) is 28.4 Å². The highest BCUT2D eigenvalue weighted by Crippen LogP contribution is 2.38. The molecule has 1 N–H and O–H groups in total. The third-order valence-electron chi connectivity index (χ3n) is 3.44. The summed E-state index contributed by atoms with van der Waals surface area (Å²) in [5, 5.41) is 3.38. The first kappa shape index (κ1) is 14.0. The van der Waals surface area contributed by atoms with Crippen LogP contribution in [-0.4, -0.2) is 17.8 Å². The number of benzene rings is 2. The van der Waals surface area contributed by atoms with Crippen LogP contribution in [0.5, 0.6) is 0 Å². The lowest BCUT2D eigenvalue weighted by Crippen LogP contribution is -2.41. The number of urea groups is 1. The molecule has 4 heteroatoms. The van der Waals surface area contributed by atoms with E-state index in [9.17, 15) is 4.79 Å². The van der Waals surface area contributed by atoms with Crippen LogP contribution in [0.2, 0.25) is 0 Å². The Morgan fingerprint density at radius 1 is 1.24 bits per heavy atom. The molecule has 1 aliphatic heterocycles. The molecule has 0 aromatic heterocycles. The van der Waals surface area contributed by atoms with Crippen LogP contribution in [0.15, 0.2) is 53.4 Å². The lowest BCUT2D eigenvalue weighted by Gasteiger charge is -2.32. The van der Waals surface area contributed by atoms with Crippen molar-refractivity contribution in [2.24, 2.45) is 0 Å². The van der Waals surface area contributed by atoms with Gasteiger partial charge in [-0.3, -0.25) is 4.90 Å². The van der Waals surface area contributed by atoms with Crippen molar-refractivity contribution >= 4 is 29.2 Å². The third kappa shape index (κ3) is 3.05. The smallest absolute Gasteiger partial charge is 0.308 e. The standard InChI is InChI=1S/C17H18N2OS/c1-12-6-5-7-14(10-12)18-17(20)19-11-13(2)21-16-9-4-3-8-15(16)19/h3-10,13H,11H2,1-2H3,(H,18,20)/t13-/m0/s1. The highest BCUT2D eigenvalue weighted by Gasteiger charge is 2.26. The number of thioether (sulfide) groups is 1. The van der Waals surface area contributed by atoms with E-state index in [2.05, 4.69) is 18.3 Å². The molecule has 108 valence electrons. The number of nitrogens with one attached hydrogen (secondary N) is 1. The predicted octanol–water partition coefficient (Wildman–Crippen LogP) is 4.53. The van der Waals surface area contributed by atoms with Crippen molar-refractivity contribution in [3.8, 4) is 0 Å². The lowest BCUT2D eigenvalue weighted by molar-refractivity contribution is 0.256. The van der Waals surface area contributed by atoms with E-state index < -0.39 is 0 Å². The topological polar surface area (TPSA) is 32.3 Å². The van der Waals surface area contributed by atoms with E-state index >= 15 is 0 Å². The molecule has 3 rings (SSSR count). The van der Waals surface area contributed by atoms with Crippen molar-refractivity contribution in [2.45, 2.75) is 24.0 Å². The van der Waals surface area contributed by atoms with E-state index in [4.69, 9.17) is 0 Å². The fourth-order valence-electron chi connectivity index (χ4n) is 2.50. The number of hydrogen-bond acceptors (Lipinski definition) is 2. The van der Waals surface area contributed by atoms with E-state index in [-0.39, 0.29) is 6.03 Å². The molecule has 3 nitrogen and oxygen atoms in total. The summed E-state index contributed by atoms with van der Waals surface area (Å²) in [7, 11) is 0. The van der Waals surface area contributed by atoms with Crippen LogP contribution in [0.1, 0.15) is 12.5 Å². The molecule has 0 aliphatic carbocycles. The summed E-state index contributed by atoms with van der Waals surface area (Å²) in [5.41, 5.74) is 2.96. The van der Waals surface area contributed by atoms with Crippen LogP contribution < -0.4 is 10.2 Å². The fourth-order valence-corrected chi connectivity index (χ4v) is 3.61. The summed E-state index contributed by atoms with van der Waals surface area (Å²) in [4.78, 5) is 15.6. The van der Waals surface area contributed by atoms with Gasteiger partial charge < -0.3 is 5.32 Å². The molecule has 2 aromatic carbocycles. The molecule has 0 bridgehead atoms. The molecule has 2 amide bonds. The number of amides is 2. The molecule has 0 saturated carbocycles. The van der Waals surface area contributed by atoms with Gasteiger partial charge in [-0.15, -0.1) is 11.8 Å². The van der Waals surface area contributed by atoms with Gasteiger partial charge in [-0.1, -0.05) is 31.2 Å². The van der Waals surface area contributed by atoms with Gasteiger partial charge in [-0.05, 0) is 36.8 Å². The second-order valence-electron chi connectivity index (χ2n) is 5.31. The first-order valence-corrected chi connectivity index (χ1v) is 7.92. The van der Waals surface area contributed by atoms with E-state index in [1.165, 1.54) is 0 Å². The molecule has 0 spiro atoms. The molecular formula is C17H18N2OS. The Bertz CT molecular complexity index is 671. The van der Waals surface area contributed by atoms with Crippen molar-refractivity contribution < 1.29 is 4.79 Å². The molecular weight excluding hydrogens is 280 g/mol. The van der Waals surface area contributed by atoms with Crippen LogP contribution in [0.3, 0.4) is 0 Å². The zero-order chi connectivity index (χ0) is 14.8. The first-order chi connectivity index (χ1) is 10.1. The predicted molar refractivity (Wildman–Crippen MR) is 89.3 cm³/mol. The van der Waals surface area contributed by atoms with Gasteiger partial charge in [0.15, 0.2) is 0 Å². The van der Waals surface area contributed by atoms with Crippen molar-refractivity contribution in [3.05, 3.63) is 54.1 Å². The zero-order valence-corrected chi connectivity index (χ0v) is 13.0. The Kier molecular flexibility index (Phi) is 3.88. The number of anilines is 2. The van der Waals surface area contributed by atoms with Crippen molar-refractivity contribution in [1.29, 1.82) is 0 Å². The average molecular weight is 298 g/mol. The number of carbonyl (C=O) groups excluding carboxylic acids is 1. The summed E-state index contributed by atoms with van der Waals surface area (Å²) < 4.78 is 0. The molecule has 0 fully saturated rings. The summed E-state index contributed by atoms with van der Waals surface area (Å²) in [6.45, 7) is 4.89. The van der Waals surface area contributed by atoms with E-state index in [1.807, 2.05) is 66.1 Å². The SMILES string of the molecule is Cc1cccc(NC(=O)N2C[C@H](C)Sc3ccccc32)c1. The van der Waals surface area contributed by atoms with Crippen molar-refractivity contribution in [2.75, 3.05) is 16.8 Å². The second kappa shape index (κ2) is 5.82. The molecule has 1 atom stereocenters. The largest absolute Gasteiger partial charge is 0.326 e. The molecule has 1 heterocycles. The lowest BCUT2D eigenvalue weighted by atomic mass is 10.2. The van der Waals surface area contributed by atoms with Gasteiger partial charge in [0, 0.05) is 22.4 Å². The quantitative estimate of drug-likeness (QED) is 0.839. The van der Waals surface area contributed by atoms with Crippen molar-refractivity contribution in [3.63, 3.8) is 0 Å². The highest BCUT2D eigenvalue weighted by atomic mass is 32.2. The maximum atomic E-state index is 12.6. The van der Waals surface area contributed by atoms with Crippen LogP contribution in [0, 0.1) is 6.92 Å². The normalized spacial score (nSPS) is 17.2. The van der Waals surface area contributed by atoms with Crippen LogP contribution >= 0.6 is 11.8 Å². The highest BCUT2D eigenvalue weighted by molar-refractivity contribution is 8.00. The zero-order valence-electron chi connectivity index (χ0n) is 12.2. The van der Waals surface area contributed by atoms with Gasteiger partial charge >= 0.3 is 6.03 Å². The Morgan fingerprint density at radius 2 is 2.05 bits per heavy atom. The van der Waals surface area contributed by atoms with Gasteiger partial charge in [0.2, 0.25) is 0 Å². The maximum absolute atomic E-state index is 12.6. The summed E-state index contributed by atoms with van der Waals surface area (Å²) in [5.74, 6) is 0. The second-order valence-corrected chi connectivity index (χ2v) is 6.79. The van der Waals surface area contributed by atoms with E-state index in [0.29, 0.717) is 5.25 Å². The molecule has 1 aliphatic rings. The minimum Gasteiger partial charge on any atom is -0.308 e. The number of rotatable bonds is 1. The molecule has 0 unspecified atom stereocenters. The summed E-state index contributed by atoms with van der Waals surface area (Å²) in [6, 6.07) is 15.9.